The van der Waals surface area contributed by atoms with Gasteiger partial charge in [0.1, 0.15) is 12.1 Å². The van der Waals surface area contributed by atoms with Gasteiger partial charge in [-0.05, 0) is 38.8 Å². The molecule has 1 aromatic carbocycles. The van der Waals surface area contributed by atoms with Crippen LogP contribution in [0.5, 0.6) is 11.6 Å². The smallest absolute Gasteiger partial charge is 0.271 e. The van der Waals surface area contributed by atoms with Crippen molar-refractivity contribution in [1.82, 2.24) is 9.97 Å². The maximum atomic E-state index is 10.8. The molecule has 2 aromatic rings. The summed E-state index contributed by atoms with van der Waals surface area (Å²) in [6.07, 6.45) is 1.38. The number of hydrogen-bond acceptors (Lipinski definition) is 6. The molecular formula is C12H10Br2N4O3. The molecule has 0 saturated heterocycles. The molecule has 0 unspecified atom stereocenters. The van der Waals surface area contributed by atoms with E-state index in [1.807, 2.05) is 6.92 Å². The van der Waals surface area contributed by atoms with Crippen molar-refractivity contribution in [1.29, 1.82) is 0 Å². The Morgan fingerprint density at radius 1 is 1.29 bits per heavy atom. The van der Waals surface area contributed by atoms with Gasteiger partial charge in [0.2, 0.25) is 5.88 Å². The first-order valence-corrected chi connectivity index (χ1v) is 7.47. The Morgan fingerprint density at radius 2 is 1.95 bits per heavy atom. The molecule has 0 aliphatic heterocycles. The molecule has 0 atom stereocenters. The van der Waals surface area contributed by atoms with Crippen LogP contribution in [0.25, 0.3) is 0 Å². The van der Waals surface area contributed by atoms with Crippen molar-refractivity contribution in [3.63, 3.8) is 0 Å². The van der Waals surface area contributed by atoms with Crippen LogP contribution in [0.1, 0.15) is 6.92 Å². The summed E-state index contributed by atoms with van der Waals surface area (Å²) < 4.78 is 6.56. The van der Waals surface area contributed by atoms with Crippen LogP contribution in [-0.2, 0) is 0 Å². The zero-order valence-electron chi connectivity index (χ0n) is 10.8. The first-order chi connectivity index (χ1) is 10.0. The van der Waals surface area contributed by atoms with Gasteiger partial charge in [0.25, 0.3) is 5.69 Å². The van der Waals surface area contributed by atoms with Gasteiger partial charge < -0.3 is 10.1 Å². The van der Waals surface area contributed by atoms with Crippen molar-refractivity contribution in [3.8, 4) is 11.6 Å². The van der Waals surface area contributed by atoms with Crippen LogP contribution in [0.2, 0.25) is 0 Å². The summed E-state index contributed by atoms with van der Waals surface area (Å²) in [5.74, 6) is 1.37. The molecule has 0 aliphatic carbocycles. The fourth-order valence-corrected chi connectivity index (χ4v) is 2.85. The first kappa shape index (κ1) is 15.6. The molecule has 0 spiro atoms. The maximum absolute atomic E-state index is 10.8. The quantitative estimate of drug-likeness (QED) is 0.580. The van der Waals surface area contributed by atoms with Crippen LogP contribution in [0, 0.1) is 10.1 Å². The van der Waals surface area contributed by atoms with E-state index < -0.39 is 4.92 Å². The van der Waals surface area contributed by atoms with Crippen molar-refractivity contribution in [2.24, 2.45) is 0 Å². The number of halogens is 2. The molecule has 21 heavy (non-hydrogen) atoms. The Labute approximate surface area is 137 Å². The van der Waals surface area contributed by atoms with Gasteiger partial charge in [0, 0.05) is 24.7 Å². The van der Waals surface area contributed by atoms with Crippen LogP contribution >= 0.6 is 31.9 Å². The highest BCUT2D eigenvalue weighted by Gasteiger charge is 2.16. The van der Waals surface area contributed by atoms with Gasteiger partial charge in [-0.25, -0.2) is 9.97 Å². The maximum Gasteiger partial charge on any atom is 0.271 e. The Morgan fingerprint density at radius 3 is 2.52 bits per heavy atom. The van der Waals surface area contributed by atoms with Crippen molar-refractivity contribution >= 4 is 43.4 Å². The summed E-state index contributed by atoms with van der Waals surface area (Å²) in [5.41, 5.74) is -0.0443. The average molecular weight is 418 g/mol. The van der Waals surface area contributed by atoms with Crippen LogP contribution in [0.15, 0.2) is 33.5 Å². The monoisotopic (exact) mass is 416 g/mol. The lowest BCUT2D eigenvalue weighted by atomic mass is 10.3. The van der Waals surface area contributed by atoms with E-state index in [2.05, 4.69) is 47.1 Å². The fourth-order valence-electron chi connectivity index (χ4n) is 1.53. The Kier molecular flexibility index (Phi) is 5.07. The van der Waals surface area contributed by atoms with E-state index in [-0.39, 0.29) is 5.69 Å². The Bertz CT molecular complexity index is 658. The number of nitrogens with zero attached hydrogens (tertiary/aromatic N) is 3. The number of benzene rings is 1. The molecule has 0 amide bonds. The number of ether oxygens (including phenoxy) is 1. The van der Waals surface area contributed by atoms with E-state index in [0.29, 0.717) is 26.4 Å². The minimum Gasteiger partial charge on any atom is -0.436 e. The van der Waals surface area contributed by atoms with E-state index in [4.69, 9.17) is 4.74 Å². The third-order valence-corrected chi connectivity index (χ3v) is 3.58. The van der Waals surface area contributed by atoms with Crippen molar-refractivity contribution in [3.05, 3.63) is 43.6 Å². The second kappa shape index (κ2) is 6.81. The number of rotatable bonds is 5. The molecule has 0 fully saturated rings. The highest BCUT2D eigenvalue weighted by Crippen LogP contribution is 2.39. The van der Waals surface area contributed by atoms with E-state index in [9.17, 15) is 10.1 Å². The zero-order chi connectivity index (χ0) is 15.4. The largest absolute Gasteiger partial charge is 0.436 e. The second-order valence-electron chi connectivity index (χ2n) is 3.87. The predicted molar refractivity (Wildman–Crippen MR) is 84.8 cm³/mol. The molecule has 0 aliphatic rings. The predicted octanol–water partition coefficient (Wildman–Crippen LogP) is 4.13. The van der Waals surface area contributed by atoms with Gasteiger partial charge in [-0.1, -0.05) is 0 Å². The van der Waals surface area contributed by atoms with E-state index in [1.54, 1.807) is 6.07 Å². The summed E-state index contributed by atoms with van der Waals surface area (Å²) >= 11 is 6.51. The molecule has 110 valence electrons. The Hall–Kier alpha value is -1.74. The molecule has 1 aromatic heterocycles. The van der Waals surface area contributed by atoms with Gasteiger partial charge in [0.15, 0.2) is 5.75 Å². The van der Waals surface area contributed by atoms with Crippen LogP contribution in [0.3, 0.4) is 0 Å². The lowest BCUT2D eigenvalue weighted by Crippen LogP contribution is -2.00. The molecule has 2 rings (SSSR count). The topological polar surface area (TPSA) is 90.2 Å². The van der Waals surface area contributed by atoms with Crippen molar-refractivity contribution in [2.45, 2.75) is 6.92 Å². The Balaban J connectivity index is 2.31. The highest BCUT2D eigenvalue weighted by molar-refractivity contribution is 9.11. The average Bonchev–Trinajstić information content (AvgIpc) is 2.43. The number of non-ortho nitro benzene ring substituents is 1. The number of nitro benzene ring substituents is 1. The van der Waals surface area contributed by atoms with Crippen LogP contribution in [0.4, 0.5) is 11.5 Å². The molecule has 1 heterocycles. The molecule has 1 N–H and O–H groups in total. The minimum atomic E-state index is -0.479. The molecular weight excluding hydrogens is 408 g/mol. The highest BCUT2D eigenvalue weighted by atomic mass is 79.9. The molecule has 0 bridgehead atoms. The van der Waals surface area contributed by atoms with Gasteiger partial charge in [-0.2, -0.15) is 0 Å². The number of anilines is 1. The number of nitro groups is 1. The molecule has 9 heteroatoms. The van der Waals surface area contributed by atoms with Gasteiger partial charge in [0.05, 0.1) is 13.9 Å². The number of aromatic nitrogens is 2. The summed E-state index contributed by atoms with van der Waals surface area (Å²) in [6, 6.07) is 4.38. The molecule has 7 nitrogen and oxygen atoms in total. The van der Waals surface area contributed by atoms with E-state index in [1.165, 1.54) is 18.5 Å². The summed E-state index contributed by atoms with van der Waals surface area (Å²) in [5, 5.41) is 13.8. The summed E-state index contributed by atoms with van der Waals surface area (Å²) in [7, 11) is 0. The van der Waals surface area contributed by atoms with Crippen LogP contribution in [-0.4, -0.2) is 21.4 Å². The standard InChI is InChI=1S/C12H10Br2N4O3/c1-2-15-10-5-11(17-6-16-10)21-12-8(13)3-7(18(19)20)4-9(12)14/h3-6H,2H2,1H3,(H,15,16,17). The fraction of sp³-hybridized carbons (Fsp3) is 0.167. The number of hydrogen-bond donors (Lipinski definition) is 1. The third-order valence-electron chi connectivity index (χ3n) is 2.40. The van der Waals surface area contributed by atoms with E-state index >= 15 is 0 Å². The minimum absolute atomic E-state index is 0.0443. The summed E-state index contributed by atoms with van der Waals surface area (Å²) in [4.78, 5) is 18.4. The van der Waals surface area contributed by atoms with Crippen molar-refractivity contribution in [2.75, 3.05) is 11.9 Å². The zero-order valence-corrected chi connectivity index (χ0v) is 14.0. The molecule has 0 saturated carbocycles. The lowest BCUT2D eigenvalue weighted by Gasteiger charge is -2.10. The van der Waals surface area contributed by atoms with Gasteiger partial charge in [-0.3, -0.25) is 10.1 Å². The lowest BCUT2D eigenvalue weighted by molar-refractivity contribution is -0.385. The van der Waals surface area contributed by atoms with Gasteiger partial charge >= 0.3 is 0 Å². The SMILES string of the molecule is CCNc1cc(Oc2c(Br)cc([N+](=O)[O-])cc2Br)ncn1. The number of nitrogens with one attached hydrogen (secondary N) is 1. The van der Waals surface area contributed by atoms with Gasteiger partial charge in [-0.15, -0.1) is 0 Å². The van der Waals surface area contributed by atoms with Crippen LogP contribution < -0.4 is 10.1 Å². The first-order valence-electron chi connectivity index (χ1n) is 5.88. The van der Waals surface area contributed by atoms with Crippen molar-refractivity contribution < 1.29 is 9.66 Å². The normalized spacial score (nSPS) is 10.2. The van der Waals surface area contributed by atoms with E-state index in [0.717, 1.165) is 6.54 Å². The third kappa shape index (κ3) is 3.88. The summed E-state index contributed by atoms with van der Waals surface area (Å²) in [6.45, 7) is 2.67. The molecule has 0 radical (unpaired) electrons. The second-order valence-corrected chi connectivity index (χ2v) is 5.58.